The number of H-pyrrole nitrogens is 1. The molecule has 0 aliphatic heterocycles. The van der Waals surface area contributed by atoms with Crippen LogP contribution < -0.4 is 0 Å². The van der Waals surface area contributed by atoms with Crippen LogP contribution in [0.25, 0.3) is 11.3 Å². The molecule has 1 N–H and O–H groups in total. The van der Waals surface area contributed by atoms with Crippen molar-refractivity contribution in [1.82, 2.24) is 10.2 Å². The first kappa shape index (κ1) is 9.92. The minimum Gasteiger partial charge on any atom is -0.267 e. The molecule has 0 bridgehead atoms. The third kappa shape index (κ3) is 2.07. The molecule has 2 rings (SSSR count). The van der Waals surface area contributed by atoms with Crippen LogP contribution in [0.3, 0.4) is 0 Å². The third-order valence-electron chi connectivity index (χ3n) is 1.89. The molecule has 2 aromatic rings. The van der Waals surface area contributed by atoms with Gasteiger partial charge >= 0.3 is 0 Å². The summed E-state index contributed by atoms with van der Waals surface area (Å²) in [6, 6.07) is 6.89. The first-order chi connectivity index (χ1) is 7.16. The van der Waals surface area contributed by atoms with Gasteiger partial charge in [-0.1, -0.05) is 12.2 Å². The Kier molecular flexibility index (Phi) is 2.55. The lowest BCUT2D eigenvalue weighted by Gasteiger charge is -2.00. The predicted molar refractivity (Wildman–Crippen MR) is 54.8 cm³/mol. The van der Waals surface area contributed by atoms with Gasteiger partial charge in [0.1, 0.15) is 4.64 Å². The topological polar surface area (TPSA) is 28.7 Å². The molecule has 5 heteroatoms. The van der Waals surface area contributed by atoms with Gasteiger partial charge in [-0.3, -0.25) is 5.10 Å². The van der Waals surface area contributed by atoms with E-state index in [4.69, 9.17) is 12.2 Å². The average molecular weight is 224 g/mol. The van der Waals surface area contributed by atoms with E-state index in [2.05, 4.69) is 10.2 Å². The highest BCUT2D eigenvalue weighted by atomic mass is 32.1. The summed E-state index contributed by atoms with van der Waals surface area (Å²) in [7, 11) is 0. The van der Waals surface area contributed by atoms with Crippen LogP contribution in [0.5, 0.6) is 0 Å². The van der Waals surface area contributed by atoms with Gasteiger partial charge in [-0.25, -0.2) is 8.78 Å². The molecule has 0 saturated carbocycles. The number of hydrogen-bond donors (Lipinski definition) is 1. The molecule has 0 saturated heterocycles. The molecule has 1 heterocycles. The molecular formula is C10H6F2N2S. The van der Waals surface area contributed by atoms with Crippen molar-refractivity contribution in [3.63, 3.8) is 0 Å². The van der Waals surface area contributed by atoms with Crippen molar-refractivity contribution >= 4 is 12.2 Å². The van der Waals surface area contributed by atoms with Crippen LogP contribution in [0.4, 0.5) is 8.78 Å². The van der Waals surface area contributed by atoms with Gasteiger partial charge in [-0.2, -0.15) is 5.10 Å². The van der Waals surface area contributed by atoms with Gasteiger partial charge in [-0.05, 0) is 30.3 Å². The zero-order chi connectivity index (χ0) is 10.8. The highest BCUT2D eigenvalue weighted by molar-refractivity contribution is 7.71. The molecule has 0 spiro atoms. The summed E-state index contributed by atoms with van der Waals surface area (Å²) < 4.78 is 26.1. The smallest absolute Gasteiger partial charge is 0.159 e. The van der Waals surface area contributed by atoms with E-state index in [-0.39, 0.29) is 0 Å². The van der Waals surface area contributed by atoms with Crippen LogP contribution in [-0.4, -0.2) is 10.2 Å². The molecule has 0 aliphatic rings. The van der Waals surface area contributed by atoms with Gasteiger partial charge in [0.15, 0.2) is 11.6 Å². The number of benzene rings is 1. The largest absolute Gasteiger partial charge is 0.267 e. The summed E-state index contributed by atoms with van der Waals surface area (Å²) in [6.07, 6.45) is 0. The Bertz CT molecular complexity index is 531. The number of nitrogens with one attached hydrogen (secondary N) is 1. The van der Waals surface area contributed by atoms with E-state index in [0.29, 0.717) is 15.9 Å². The second kappa shape index (κ2) is 3.86. The normalized spacial score (nSPS) is 10.3. The van der Waals surface area contributed by atoms with Crippen molar-refractivity contribution in [3.05, 3.63) is 46.6 Å². The number of aromatic amines is 1. The van der Waals surface area contributed by atoms with Crippen LogP contribution >= 0.6 is 12.2 Å². The number of hydrogen-bond acceptors (Lipinski definition) is 2. The van der Waals surface area contributed by atoms with Crippen LogP contribution in [0.1, 0.15) is 0 Å². The first-order valence-electron chi connectivity index (χ1n) is 4.18. The van der Waals surface area contributed by atoms with Crippen LogP contribution in [0.2, 0.25) is 0 Å². The van der Waals surface area contributed by atoms with Gasteiger partial charge in [0.05, 0.1) is 5.69 Å². The average Bonchev–Trinajstić information content (AvgIpc) is 2.23. The van der Waals surface area contributed by atoms with E-state index in [9.17, 15) is 8.78 Å². The molecule has 0 amide bonds. The fourth-order valence-corrected chi connectivity index (χ4v) is 1.27. The third-order valence-corrected chi connectivity index (χ3v) is 2.12. The first-order valence-corrected chi connectivity index (χ1v) is 4.59. The lowest BCUT2D eigenvalue weighted by molar-refractivity contribution is 0.509. The zero-order valence-corrected chi connectivity index (χ0v) is 8.31. The fourth-order valence-electron chi connectivity index (χ4n) is 1.16. The van der Waals surface area contributed by atoms with Gasteiger partial charge in [0.2, 0.25) is 0 Å². The van der Waals surface area contributed by atoms with Crippen LogP contribution in [-0.2, 0) is 0 Å². The maximum Gasteiger partial charge on any atom is 0.159 e. The Hall–Kier alpha value is -1.62. The molecule has 0 unspecified atom stereocenters. The van der Waals surface area contributed by atoms with Crippen molar-refractivity contribution < 1.29 is 8.78 Å². The summed E-state index contributed by atoms with van der Waals surface area (Å²) in [5.41, 5.74) is 1.02. The number of aromatic nitrogens is 2. The van der Waals surface area contributed by atoms with E-state index in [1.807, 2.05) is 0 Å². The Balaban J connectivity index is 2.50. The van der Waals surface area contributed by atoms with Gasteiger partial charge < -0.3 is 0 Å². The summed E-state index contributed by atoms with van der Waals surface area (Å²) in [5.74, 6) is -1.76. The Labute approximate surface area is 89.6 Å². The second-order valence-electron chi connectivity index (χ2n) is 2.94. The predicted octanol–water partition coefficient (Wildman–Crippen LogP) is 3.08. The molecular weight excluding hydrogens is 218 g/mol. The standard InChI is InChI=1S/C10H6F2N2S/c11-7-2-1-6(5-8(7)12)9-3-4-10(15)14-13-9/h1-5H,(H,14,15). The fraction of sp³-hybridized carbons (Fsp3) is 0. The molecule has 0 atom stereocenters. The number of halogens is 2. The van der Waals surface area contributed by atoms with Crippen molar-refractivity contribution in [1.29, 1.82) is 0 Å². The summed E-state index contributed by atoms with van der Waals surface area (Å²) >= 11 is 4.82. The SMILES string of the molecule is Fc1ccc(-c2ccc(=S)[nH]n2)cc1F. The molecule has 2 nitrogen and oxygen atoms in total. The molecule has 1 aromatic carbocycles. The Morgan fingerprint density at radius 3 is 2.47 bits per heavy atom. The summed E-state index contributed by atoms with van der Waals surface area (Å²) in [6.45, 7) is 0. The molecule has 0 aliphatic carbocycles. The summed E-state index contributed by atoms with van der Waals surface area (Å²) in [5, 5.41) is 6.48. The Morgan fingerprint density at radius 2 is 1.87 bits per heavy atom. The van der Waals surface area contributed by atoms with E-state index in [0.717, 1.165) is 12.1 Å². The van der Waals surface area contributed by atoms with Gasteiger partial charge in [0.25, 0.3) is 0 Å². The molecule has 76 valence electrons. The monoisotopic (exact) mass is 224 g/mol. The van der Waals surface area contributed by atoms with Crippen molar-refractivity contribution in [2.75, 3.05) is 0 Å². The minimum absolute atomic E-state index is 0.487. The van der Waals surface area contributed by atoms with Crippen LogP contribution in [0.15, 0.2) is 30.3 Å². The van der Waals surface area contributed by atoms with Gasteiger partial charge in [-0.15, -0.1) is 0 Å². The molecule has 15 heavy (non-hydrogen) atoms. The lowest BCUT2D eigenvalue weighted by Crippen LogP contribution is -1.89. The van der Waals surface area contributed by atoms with Crippen molar-refractivity contribution in [2.24, 2.45) is 0 Å². The highest BCUT2D eigenvalue weighted by Gasteiger charge is 2.04. The highest BCUT2D eigenvalue weighted by Crippen LogP contribution is 2.18. The molecule has 0 radical (unpaired) electrons. The quantitative estimate of drug-likeness (QED) is 0.754. The molecule has 0 fully saturated rings. The van der Waals surface area contributed by atoms with Crippen molar-refractivity contribution in [3.8, 4) is 11.3 Å². The van der Waals surface area contributed by atoms with E-state index in [1.165, 1.54) is 6.07 Å². The maximum absolute atomic E-state index is 12.9. The molecule has 1 aromatic heterocycles. The van der Waals surface area contributed by atoms with E-state index in [1.54, 1.807) is 12.1 Å². The lowest BCUT2D eigenvalue weighted by atomic mass is 10.1. The van der Waals surface area contributed by atoms with Crippen molar-refractivity contribution in [2.45, 2.75) is 0 Å². The summed E-state index contributed by atoms with van der Waals surface area (Å²) in [4.78, 5) is 0. The number of nitrogens with zero attached hydrogens (tertiary/aromatic N) is 1. The maximum atomic E-state index is 12.9. The second-order valence-corrected chi connectivity index (χ2v) is 3.38. The zero-order valence-electron chi connectivity index (χ0n) is 7.50. The van der Waals surface area contributed by atoms with E-state index < -0.39 is 11.6 Å². The number of rotatable bonds is 1. The Morgan fingerprint density at radius 1 is 1.07 bits per heavy atom. The van der Waals surface area contributed by atoms with Gasteiger partial charge in [0, 0.05) is 5.56 Å². The van der Waals surface area contributed by atoms with E-state index >= 15 is 0 Å². The van der Waals surface area contributed by atoms with Crippen LogP contribution in [0, 0.1) is 16.3 Å². The minimum atomic E-state index is -0.892.